The zero-order valence-corrected chi connectivity index (χ0v) is 16.3. The van der Waals surface area contributed by atoms with Gasteiger partial charge in [0.2, 0.25) is 5.91 Å². The van der Waals surface area contributed by atoms with E-state index in [-0.39, 0.29) is 17.6 Å². The van der Waals surface area contributed by atoms with Gasteiger partial charge in [0.05, 0.1) is 18.7 Å². The molecule has 3 heterocycles. The molecular weight excluding hydrogens is 357 g/mol. The van der Waals surface area contributed by atoms with Gasteiger partial charge in [-0.15, -0.1) is 0 Å². The predicted molar refractivity (Wildman–Crippen MR) is 105 cm³/mol. The van der Waals surface area contributed by atoms with Crippen LogP contribution in [-0.4, -0.2) is 53.4 Å². The van der Waals surface area contributed by atoms with Crippen molar-refractivity contribution in [1.82, 2.24) is 14.8 Å². The van der Waals surface area contributed by atoms with Crippen molar-refractivity contribution < 1.29 is 13.6 Å². The van der Waals surface area contributed by atoms with Crippen LogP contribution in [0.3, 0.4) is 0 Å². The average Bonchev–Trinajstić information content (AvgIpc) is 3.19. The molecule has 5 nitrogen and oxygen atoms in total. The predicted octanol–water partition coefficient (Wildman–Crippen LogP) is 3.60. The summed E-state index contributed by atoms with van der Waals surface area (Å²) in [4.78, 5) is 21.5. The van der Waals surface area contributed by atoms with Crippen molar-refractivity contribution >= 4 is 5.91 Å². The summed E-state index contributed by atoms with van der Waals surface area (Å²) in [7, 11) is 0. The number of halogens is 1. The number of rotatable bonds is 5. The monoisotopic (exact) mass is 385 g/mol. The van der Waals surface area contributed by atoms with Crippen molar-refractivity contribution in [1.29, 1.82) is 0 Å². The van der Waals surface area contributed by atoms with Crippen LogP contribution in [0.4, 0.5) is 4.39 Å². The van der Waals surface area contributed by atoms with Crippen LogP contribution in [0.2, 0.25) is 0 Å². The average molecular weight is 385 g/mol. The molecule has 0 saturated carbocycles. The van der Waals surface area contributed by atoms with Gasteiger partial charge < -0.3 is 9.32 Å². The number of hydrogen-bond acceptors (Lipinski definition) is 4. The summed E-state index contributed by atoms with van der Waals surface area (Å²) < 4.78 is 19.0. The summed E-state index contributed by atoms with van der Waals surface area (Å²) in [6.07, 6.45) is 7.99. The molecule has 1 aromatic carbocycles. The fourth-order valence-corrected chi connectivity index (χ4v) is 4.21. The molecule has 1 amide bonds. The molecule has 2 saturated heterocycles. The van der Waals surface area contributed by atoms with Crippen LogP contribution in [0.15, 0.2) is 34.9 Å². The highest BCUT2D eigenvalue weighted by atomic mass is 19.1. The van der Waals surface area contributed by atoms with E-state index >= 15 is 0 Å². The smallest absolute Gasteiger partial charge is 0.236 e. The molecule has 1 aromatic heterocycles. The quantitative estimate of drug-likeness (QED) is 0.789. The van der Waals surface area contributed by atoms with Crippen molar-refractivity contribution in [3.05, 3.63) is 53.5 Å². The lowest BCUT2D eigenvalue weighted by Gasteiger charge is -2.34. The van der Waals surface area contributed by atoms with Gasteiger partial charge in [-0.1, -0.05) is 18.6 Å². The second kappa shape index (κ2) is 8.86. The topological polar surface area (TPSA) is 49.6 Å². The van der Waals surface area contributed by atoms with E-state index in [1.54, 1.807) is 18.3 Å². The van der Waals surface area contributed by atoms with E-state index in [9.17, 15) is 9.18 Å². The maximum absolute atomic E-state index is 13.1. The Morgan fingerprint density at radius 1 is 1.11 bits per heavy atom. The Morgan fingerprint density at radius 2 is 1.89 bits per heavy atom. The standard InChI is InChI=1S/C22H28FN3O2/c23-19-8-6-17(7-9-19)13-20-14-24-22(28-20)18-5-4-12-26(15-18)21(27)16-25-10-2-1-3-11-25/h6-9,14,18H,1-5,10-13,15-16H2/t18-/m1/s1. The molecule has 2 aliphatic heterocycles. The summed E-state index contributed by atoms with van der Waals surface area (Å²) >= 11 is 0. The molecule has 6 heteroatoms. The molecular formula is C22H28FN3O2. The normalized spacial score (nSPS) is 21.0. The van der Waals surface area contributed by atoms with Gasteiger partial charge in [-0.25, -0.2) is 9.37 Å². The fourth-order valence-electron chi connectivity index (χ4n) is 4.21. The van der Waals surface area contributed by atoms with Crippen LogP contribution in [0.25, 0.3) is 0 Å². The minimum absolute atomic E-state index is 0.154. The first-order valence-electron chi connectivity index (χ1n) is 10.4. The van der Waals surface area contributed by atoms with Crippen molar-refractivity contribution in [2.75, 3.05) is 32.7 Å². The maximum Gasteiger partial charge on any atom is 0.236 e. The Hall–Kier alpha value is -2.21. The van der Waals surface area contributed by atoms with Crippen molar-refractivity contribution in [3.8, 4) is 0 Å². The van der Waals surface area contributed by atoms with Gasteiger partial charge in [-0.05, 0) is 56.5 Å². The molecule has 28 heavy (non-hydrogen) atoms. The van der Waals surface area contributed by atoms with Gasteiger partial charge in [0, 0.05) is 19.5 Å². The zero-order chi connectivity index (χ0) is 19.3. The molecule has 2 aromatic rings. The Morgan fingerprint density at radius 3 is 2.68 bits per heavy atom. The number of piperidine rings is 2. The molecule has 2 fully saturated rings. The van der Waals surface area contributed by atoms with Crippen molar-refractivity contribution in [2.24, 2.45) is 0 Å². The third-order valence-electron chi connectivity index (χ3n) is 5.79. The third-order valence-corrected chi connectivity index (χ3v) is 5.79. The number of carbonyl (C=O) groups is 1. The first-order chi connectivity index (χ1) is 13.7. The van der Waals surface area contributed by atoms with E-state index in [0.29, 0.717) is 25.4 Å². The molecule has 4 rings (SSSR count). The SMILES string of the molecule is O=C(CN1CCCCC1)N1CCC[C@@H](c2ncc(Cc3ccc(F)cc3)o2)C1. The molecule has 0 aliphatic carbocycles. The van der Waals surface area contributed by atoms with Gasteiger partial charge in [-0.2, -0.15) is 0 Å². The minimum Gasteiger partial charge on any atom is -0.445 e. The molecule has 150 valence electrons. The number of benzene rings is 1. The Kier molecular flexibility index (Phi) is 6.05. The molecule has 0 N–H and O–H groups in total. The number of nitrogens with zero attached hydrogens (tertiary/aromatic N) is 3. The number of hydrogen-bond donors (Lipinski definition) is 0. The summed E-state index contributed by atoms with van der Waals surface area (Å²) in [6, 6.07) is 6.44. The van der Waals surface area contributed by atoms with Gasteiger partial charge in [0.15, 0.2) is 5.89 Å². The van der Waals surface area contributed by atoms with Crippen LogP contribution >= 0.6 is 0 Å². The van der Waals surface area contributed by atoms with Crippen LogP contribution in [-0.2, 0) is 11.2 Å². The lowest BCUT2D eigenvalue weighted by atomic mass is 9.98. The second-order valence-corrected chi connectivity index (χ2v) is 7.98. The number of aromatic nitrogens is 1. The second-order valence-electron chi connectivity index (χ2n) is 7.98. The molecule has 0 radical (unpaired) electrons. The largest absolute Gasteiger partial charge is 0.445 e. The van der Waals surface area contributed by atoms with Crippen LogP contribution in [0.1, 0.15) is 55.2 Å². The first kappa shape index (κ1) is 19.1. The molecule has 1 atom stereocenters. The molecule has 2 aliphatic rings. The van der Waals surface area contributed by atoms with E-state index in [2.05, 4.69) is 9.88 Å². The Labute approximate surface area is 165 Å². The van der Waals surface area contributed by atoms with Crippen molar-refractivity contribution in [3.63, 3.8) is 0 Å². The Balaban J connectivity index is 1.34. The molecule has 0 bridgehead atoms. The van der Waals surface area contributed by atoms with Gasteiger partial charge >= 0.3 is 0 Å². The van der Waals surface area contributed by atoms with Gasteiger partial charge in [0.25, 0.3) is 0 Å². The van der Waals surface area contributed by atoms with E-state index in [1.165, 1.54) is 31.4 Å². The number of amides is 1. The van der Waals surface area contributed by atoms with E-state index in [1.807, 2.05) is 4.90 Å². The highest BCUT2D eigenvalue weighted by Crippen LogP contribution is 2.27. The number of oxazole rings is 1. The highest BCUT2D eigenvalue weighted by molar-refractivity contribution is 5.78. The first-order valence-corrected chi connectivity index (χ1v) is 10.4. The summed E-state index contributed by atoms with van der Waals surface area (Å²) in [5.41, 5.74) is 0.992. The van der Waals surface area contributed by atoms with E-state index < -0.39 is 0 Å². The minimum atomic E-state index is -0.237. The van der Waals surface area contributed by atoms with Crippen molar-refractivity contribution in [2.45, 2.75) is 44.4 Å². The van der Waals surface area contributed by atoms with Crippen LogP contribution in [0.5, 0.6) is 0 Å². The third kappa shape index (κ3) is 4.79. The maximum atomic E-state index is 13.1. The Bertz CT molecular complexity index is 783. The summed E-state index contributed by atoms with van der Waals surface area (Å²) in [5, 5.41) is 0. The number of likely N-dealkylation sites (tertiary alicyclic amines) is 2. The number of carbonyl (C=O) groups excluding carboxylic acids is 1. The summed E-state index contributed by atoms with van der Waals surface area (Å²) in [6.45, 7) is 4.12. The highest BCUT2D eigenvalue weighted by Gasteiger charge is 2.28. The van der Waals surface area contributed by atoms with E-state index in [4.69, 9.17) is 4.42 Å². The van der Waals surface area contributed by atoms with E-state index in [0.717, 1.165) is 43.8 Å². The van der Waals surface area contributed by atoms with Crippen LogP contribution < -0.4 is 0 Å². The van der Waals surface area contributed by atoms with Gasteiger partial charge in [-0.3, -0.25) is 9.69 Å². The van der Waals surface area contributed by atoms with Gasteiger partial charge in [0.1, 0.15) is 11.6 Å². The molecule has 0 spiro atoms. The fraction of sp³-hybridized carbons (Fsp3) is 0.545. The van der Waals surface area contributed by atoms with Crippen LogP contribution in [0, 0.1) is 5.82 Å². The molecule has 0 unspecified atom stereocenters. The lowest BCUT2D eigenvalue weighted by Crippen LogP contribution is -2.45. The zero-order valence-electron chi connectivity index (χ0n) is 16.3. The lowest BCUT2D eigenvalue weighted by molar-refractivity contribution is -0.134. The summed E-state index contributed by atoms with van der Waals surface area (Å²) in [5.74, 6) is 1.63.